The molecule has 0 unspecified atom stereocenters. The summed E-state index contributed by atoms with van der Waals surface area (Å²) in [5.41, 5.74) is 1.91. The smallest absolute Gasteiger partial charge is 0.339 e. The number of thiocarbonyl (C=S) groups is 1. The van der Waals surface area contributed by atoms with Crippen molar-refractivity contribution in [3.63, 3.8) is 0 Å². The number of halogens is 1. The van der Waals surface area contributed by atoms with Gasteiger partial charge in [0.15, 0.2) is 0 Å². The predicted octanol–water partition coefficient (Wildman–Crippen LogP) is 4.30. The average Bonchev–Trinajstić information content (AvgIpc) is 2.50. The Morgan fingerprint density at radius 3 is 2.62 bits per heavy atom. The zero-order valence-electron chi connectivity index (χ0n) is 11.4. The fraction of sp³-hybridized carbons (Fsp3) is 0.125. The van der Waals surface area contributed by atoms with Gasteiger partial charge >= 0.3 is 5.97 Å². The van der Waals surface area contributed by atoms with Crippen LogP contribution in [0.25, 0.3) is 0 Å². The molecule has 0 fully saturated rings. The van der Waals surface area contributed by atoms with Crippen molar-refractivity contribution in [1.29, 1.82) is 0 Å². The lowest BCUT2D eigenvalue weighted by molar-refractivity contribution is 0.0526. The number of carbonyl (C=O) groups is 1. The van der Waals surface area contributed by atoms with Crippen molar-refractivity contribution < 1.29 is 9.53 Å². The molecule has 0 atom stereocenters. The summed E-state index contributed by atoms with van der Waals surface area (Å²) in [5.74, 6) is -0.447. The Kier molecular flexibility index (Phi) is 5.31. The van der Waals surface area contributed by atoms with Gasteiger partial charge in [-0.3, -0.25) is 0 Å². The molecule has 2 aromatic carbocycles. The van der Waals surface area contributed by atoms with E-state index in [0.717, 1.165) is 5.56 Å². The molecule has 0 spiro atoms. The van der Waals surface area contributed by atoms with Crippen LogP contribution in [-0.2, 0) is 4.74 Å². The van der Waals surface area contributed by atoms with Crippen molar-refractivity contribution in [1.82, 2.24) is 0 Å². The normalized spacial score (nSPS) is 10.0. The SMILES string of the molecule is CCOC(=O)c1cc(NC(=S)c2ccccc2)ccc1Cl. The summed E-state index contributed by atoms with van der Waals surface area (Å²) < 4.78 is 4.97. The Labute approximate surface area is 133 Å². The van der Waals surface area contributed by atoms with Crippen LogP contribution >= 0.6 is 23.8 Å². The molecule has 21 heavy (non-hydrogen) atoms. The molecular formula is C16H14ClNO2S. The first-order valence-corrected chi connectivity index (χ1v) is 7.23. The summed E-state index contributed by atoms with van der Waals surface area (Å²) >= 11 is 11.4. The van der Waals surface area contributed by atoms with Crippen LogP contribution in [0.1, 0.15) is 22.8 Å². The van der Waals surface area contributed by atoms with Gasteiger partial charge in [0.05, 0.1) is 17.2 Å². The number of nitrogens with one attached hydrogen (secondary N) is 1. The van der Waals surface area contributed by atoms with Gasteiger partial charge in [0.2, 0.25) is 0 Å². The van der Waals surface area contributed by atoms with Crippen LogP contribution in [0, 0.1) is 0 Å². The topological polar surface area (TPSA) is 38.3 Å². The van der Waals surface area contributed by atoms with Crippen LogP contribution in [0.3, 0.4) is 0 Å². The molecule has 0 aliphatic rings. The van der Waals surface area contributed by atoms with Gasteiger partial charge in [0, 0.05) is 11.3 Å². The van der Waals surface area contributed by atoms with E-state index in [4.69, 9.17) is 28.6 Å². The number of ether oxygens (including phenoxy) is 1. The molecular weight excluding hydrogens is 306 g/mol. The number of carbonyl (C=O) groups excluding carboxylic acids is 1. The summed E-state index contributed by atoms with van der Waals surface area (Å²) in [6.07, 6.45) is 0. The van der Waals surface area contributed by atoms with E-state index in [9.17, 15) is 4.79 Å². The van der Waals surface area contributed by atoms with E-state index in [1.807, 2.05) is 30.3 Å². The highest BCUT2D eigenvalue weighted by molar-refractivity contribution is 7.81. The van der Waals surface area contributed by atoms with E-state index in [1.165, 1.54) is 0 Å². The molecule has 0 aliphatic heterocycles. The fourth-order valence-electron chi connectivity index (χ4n) is 1.76. The second kappa shape index (κ2) is 7.20. The largest absolute Gasteiger partial charge is 0.462 e. The third-order valence-corrected chi connectivity index (χ3v) is 3.42. The highest BCUT2D eigenvalue weighted by atomic mass is 35.5. The molecule has 1 N–H and O–H groups in total. The lowest BCUT2D eigenvalue weighted by Gasteiger charge is -2.10. The third kappa shape index (κ3) is 4.03. The summed E-state index contributed by atoms with van der Waals surface area (Å²) in [5, 5.41) is 3.44. The summed E-state index contributed by atoms with van der Waals surface area (Å²) in [7, 11) is 0. The van der Waals surface area contributed by atoms with Crippen LogP contribution < -0.4 is 5.32 Å². The molecule has 0 radical (unpaired) electrons. The molecule has 108 valence electrons. The molecule has 2 rings (SSSR count). The second-order valence-electron chi connectivity index (χ2n) is 4.24. The molecule has 2 aromatic rings. The molecule has 0 aromatic heterocycles. The first-order valence-electron chi connectivity index (χ1n) is 6.45. The number of hydrogen-bond acceptors (Lipinski definition) is 3. The number of rotatable bonds is 4. The Bertz CT molecular complexity index is 659. The minimum atomic E-state index is -0.447. The van der Waals surface area contributed by atoms with Crippen molar-refractivity contribution in [2.45, 2.75) is 6.92 Å². The Hall–Kier alpha value is -1.91. The summed E-state index contributed by atoms with van der Waals surface area (Å²) in [6.45, 7) is 2.05. The number of esters is 1. The van der Waals surface area contributed by atoms with Gasteiger partial charge in [-0.25, -0.2) is 4.79 Å². The van der Waals surface area contributed by atoms with Gasteiger partial charge in [0.25, 0.3) is 0 Å². The first kappa shape index (κ1) is 15.5. The zero-order valence-corrected chi connectivity index (χ0v) is 13.0. The van der Waals surface area contributed by atoms with E-state index in [-0.39, 0.29) is 0 Å². The maximum Gasteiger partial charge on any atom is 0.339 e. The van der Waals surface area contributed by atoms with Crippen molar-refractivity contribution in [3.8, 4) is 0 Å². The fourth-order valence-corrected chi connectivity index (χ4v) is 2.21. The van der Waals surface area contributed by atoms with Crippen LogP contribution in [-0.4, -0.2) is 17.6 Å². The lowest BCUT2D eigenvalue weighted by atomic mass is 10.2. The van der Waals surface area contributed by atoms with Crippen molar-refractivity contribution in [2.24, 2.45) is 0 Å². The molecule has 0 heterocycles. The maximum absolute atomic E-state index is 11.8. The van der Waals surface area contributed by atoms with Gasteiger partial charge in [-0.15, -0.1) is 0 Å². The van der Waals surface area contributed by atoms with E-state index in [0.29, 0.717) is 27.9 Å². The summed E-state index contributed by atoms with van der Waals surface area (Å²) in [6, 6.07) is 14.6. The van der Waals surface area contributed by atoms with Crippen molar-refractivity contribution in [2.75, 3.05) is 11.9 Å². The molecule has 0 bridgehead atoms. The molecule has 3 nitrogen and oxygen atoms in total. The molecule has 0 saturated carbocycles. The highest BCUT2D eigenvalue weighted by Gasteiger charge is 2.12. The highest BCUT2D eigenvalue weighted by Crippen LogP contribution is 2.22. The minimum absolute atomic E-state index is 0.301. The monoisotopic (exact) mass is 319 g/mol. The first-order chi connectivity index (χ1) is 10.1. The number of hydrogen-bond donors (Lipinski definition) is 1. The van der Waals surface area contributed by atoms with E-state index in [2.05, 4.69) is 5.32 Å². The Balaban J connectivity index is 2.20. The Morgan fingerprint density at radius 1 is 1.24 bits per heavy atom. The van der Waals surface area contributed by atoms with Crippen LogP contribution in [0.4, 0.5) is 5.69 Å². The standard InChI is InChI=1S/C16H14ClNO2S/c1-2-20-16(19)13-10-12(8-9-14(13)17)18-15(21)11-6-4-3-5-7-11/h3-10H,2H2,1H3,(H,18,21). The molecule has 0 saturated heterocycles. The summed E-state index contributed by atoms with van der Waals surface area (Å²) in [4.78, 5) is 12.4. The van der Waals surface area contributed by atoms with Crippen molar-refractivity contribution >= 4 is 40.5 Å². The average molecular weight is 320 g/mol. The zero-order chi connectivity index (χ0) is 15.2. The lowest BCUT2D eigenvalue weighted by Crippen LogP contribution is -2.12. The van der Waals surface area contributed by atoms with Crippen molar-refractivity contribution in [3.05, 3.63) is 64.7 Å². The van der Waals surface area contributed by atoms with Crippen LogP contribution in [0.15, 0.2) is 48.5 Å². The van der Waals surface area contributed by atoms with Gasteiger partial charge in [0.1, 0.15) is 4.99 Å². The second-order valence-corrected chi connectivity index (χ2v) is 5.05. The maximum atomic E-state index is 11.8. The van der Waals surface area contributed by atoms with Gasteiger partial charge in [-0.2, -0.15) is 0 Å². The number of benzene rings is 2. The number of anilines is 1. The van der Waals surface area contributed by atoms with E-state index >= 15 is 0 Å². The van der Waals surface area contributed by atoms with E-state index < -0.39 is 5.97 Å². The minimum Gasteiger partial charge on any atom is -0.462 e. The van der Waals surface area contributed by atoms with Gasteiger partial charge in [-0.05, 0) is 25.1 Å². The van der Waals surface area contributed by atoms with Gasteiger partial charge in [-0.1, -0.05) is 54.2 Å². The quantitative estimate of drug-likeness (QED) is 0.673. The molecule has 0 aliphatic carbocycles. The molecule has 0 amide bonds. The predicted molar refractivity (Wildman–Crippen MR) is 89.2 cm³/mol. The Morgan fingerprint density at radius 2 is 1.95 bits per heavy atom. The van der Waals surface area contributed by atoms with Crippen LogP contribution in [0.2, 0.25) is 5.02 Å². The van der Waals surface area contributed by atoms with Crippen LogP contribution in [0.5, 0.6) is 0 Å². The van der Waals surface area contributed by atoms with E-state index in [1.54, 1.807) is 25.1 Å². The third-order valence-electron chi connectivity index (χ3n) is 2.76. The van der Waals surface area contributed by atoms with Gasteiger partial charge < -0.3 is 10.1 Å². The molecule has 5 heteroatoms.